The van der Waals surface area contributed by atoms with Gasteiger partial charge in [-0.3, -0.25) is 9.97 Å². The highest BCUT2D eigenvalue weighted by Crippen LogP contribution is 2.10. The minimum atomic E-state index is 0.913. The van der Waals surface area contributed by atoms with Crippen LogP contribution in [0.15, 0.2) is 12.8 Å². The molecule has 0 N–H and O–H groups in total. The van der Waals surface area contributed by atoms with E-state index in [1.165, 1.54) is 0 Å². The van der Waals surface area contributed by atoms with Crippen molar-refractivity contribution in [3.05, 3.63) is 29.9 Å². The first-order chi connectivity index (χ1) is 5.11. The second-order valence-electron chi connectivity index (χ2n) is 2.73. The number of hydrogen-bond donors (Lipinski definition) is 0. The monoisotopic (exact) mass is 148 g/mol. The molecule has 0 unspecified atom stereocenters. The van der Waals surface area contributed by atoms with Crippen molar-refractivity contribution >= 4 is 5.57 Å². The van der Waals surface area contributed by atoms with E-state index in [-0.39, 0.29) is 0 Å². The van der Waals surface area contributed by atoms with Gasteiger partial charge in [0.05, 0.1) is 17.1 Å². The summed E-state index contributed by atoms with van der Waals surface area (Å²) >= 11 is 0. The largest absolute Gasteiger partial charge is 0.255 e. The fourth-order valence-electron chi connectivity index (χ4n) is 1.02. The molecule has 0 spiro atoms. The number of hydrogen-bond acceptors (Lipinski definition) is 2. The number of aromatic nitrogens is 2. The zero-order valence-electron chi connectivity index (χ0n) is 7.18. The number of aryl methyl sites for hydroxylation is 2. The molecule has 0 bridgehead atoms. The molecule has 0 aliphatic rings. The molecule has 0 saturated carbocycles. The van der Waals surface area contributed by atoms with Crippen molar-refractivity contribution in [2.24, 2.45) is 0 Å². The Labute approximate surface area is 67.0 Å². The van der Waals surface area contributed by atoms with E-state index in [1.807, 2.05) is 20.8 Å². The molecule has 1 heterocycles. The van der Waals surface area contributed by atoms with E-state index in [1.54, 1.807) is 6.20 Å². The maximum Gasteiger partial charge on any atom is 0.0865 e. The van der Waals surface area contributed by atoms with Crippen LogP contribution in [0.2, 0.25) is 0 Å². The Morgan fingerprint density at radius 1 is 1.45 bits per heavy atom. The van der Waals surface area contributed by atoms with Crippen LogP contribution in [0.1, 0.15) is 24.0 Å². The van der Waals surface area contributed by atoms with Crippen LogP contribution >= 0.6 is 0 Å². The smallest absolute Gasteiger partial charge is 0.0865 e. The number of nitrogens with zero attached hydrogens (tertiary/aromatic N) is 2. The van der Waals surface area contributed by atoms with Gasteiger partial charge in [-0.1, -0.05) is 6.58 Å². The molecule has 2 nitrogen and oxygen atoms in total. The van der Waals surface area contributed by atoms with Crippen LogP contribution in [0.3, 0.4) is 0 Å². The summed E-state index contributed by atoms with van der Waals surface area (Å²) in [7, 11) is 0. The molecule has 0 radical (unpaired) electrons. The van der Waals surface area contributed by atoms with E-state index in [0.29, 0.717) is 0 Å². The van der Waals surface area contributed by atoms with Gasteiger partial charge in [0.25, 0.3) is 0 Å². The third-order valence-electron chi connectivity index (χ3n) is 1.47. The highest BCUT2D eigenvalue weighted by molar-refractivity contribution is 5.59. The van der Waals surface area contributed by atoms with E-state index < -0.39 is 0 Å². The summed E-state index contributed by atoms with van der Waals surface area (Å²) < 4.78 is 0. The summed E-state index contributed by atoms with van der Waals surface area (Å²) in [5.74, 6) is 0. The van der Waals surface area contributed by atoms with Gasteiger partial charge in [-0.05, 0) is 26.3 Å². The second-order valence-corrected chi connectivity index (χ2v) is 2.73. The summed E-state index contributed by atoms with van der Waals surface area (Å²) in [5, 5.41) is 0. The second kappa shape index (κ2) is 2.82. The van der Waals surface area contributed by atoms with E-state index in [2.05, 4.69) is 16.5 Å². The standard InChI is InChI=1S/C9H12N2/c1-6(2)9-8(4)11-7(3)5-10-9/h5H,1H2,2-4H3. The average molecular weight is 148 g/mol. The van der Waals surface area contributed by atoms with Gasteiger partial charge in [0.15, 0.2) is 0 Å². The predicted molar refractivity (Wildman–Crippen MR) is 46.2 cm³/mol. The zero-order valence-corrected chi connectivity index (χ0v) is 7.18. The molecule has 1 aromatic heterocycles. The van der Waals surface area contributed by atoms with Crippen molar-refractivity contribution in [2.45, 2.75) is 20.8 Å². The molecule has 0 amide bonds. The van der Waals surface area contributed by atoms with Gasteiger partial charge in [0.2, 0.25) is 0 Å². The van der Waals surface area contributed by atoms with Gasteiger partial charge in [0, 0.05) is 6.20 Å². The Balaban J connectivity index is 3.20. The summed E-state index contributed by atoms with van der Waals surface area (Å²) in [6, 6.07) is 0. The molecule has 0 aliphatic carbocycles. The Hall–Kier alpha value is -1.18. The first kappa shape index (κ1) is 7.92. The van der Waals surface area contributed by atoms with E-state index in [0.717, 1.165) is 22.7 Å². The van der Waals surface area contributed by atoms with Gasteiger partial charge in [-0.15, -0.1) is 0 Å². The Morgan fingerprint density at radius 2 is 2.09 bits per heavy atom. The van der Waals surface area contributed by atoms with Crippen LogP contribution in [-0.4, -0.2) is 9.97 Å². The lowest BCUT2D eigenvalue weighted by molar-refractivity contribution is 1.03. The predicted octanol–water partition coefficient (Wildman–Crippen LogP) is 2.13. The van der Waals surface area contributed by atoms with Crippen LogP contribution in [0.25, 0.3) is 5.57 Å². The zero-order chi connectivity index (χ0) is 8.43. The molecule has 0 fully saturated rings. The van der Waals surface area contributed by atoms with Gasteiger partial charge < -0.3 is 0 Å². The SMILES string of the molecule is C=C(C)c1ncc(C)nc1C. The van der Waals surface area contributed by atoms with Crippen LogP contribution < -0.4 is 0 Å². The Morgan fingerprint density at radius 3 is 2.55 bits per heavy atom. The van der Waals surface area contributed by atoms with Crippen molar-refractivity contribution in [1.82, 2.24) is 9.97 Å². The minimum Gasteiger partial charge on any atom is -0.255 e. The summed E-state index contributed by atoms with van der Waals surface area (Å²) in [6.45, 7) is 9.63. The molecule has 0 aromatic carbocycles. The molecule has 0 saturated heterocycles. The third-order valence-corrected chi connectivity index (χ3v) is 1.47. The van der Waals surface area contributed by atoms with Gasteiger partial charge in [0.1, 0.15) is 0 Å². The molecule has 58 valence electrons. The molecule has 1 aromatic rings. The lowest BCUT2D eigenvalue weighted by atomic mass is 10.2. The molecule has 0 atom stereocenters. The summed E-state index contributed by atoms with van der Waals surface area (Å²) in [5.41, 5.74) is 3.79. The van der Waals surface area contributed by atoms with Crippen LogP contribution in [0, 0.1) is 13.8 Å². The summed E-state index contributed by atoms with van der Waals surface area (Å²) in [4.78, 5) is 8.49. The first-order valence-corrected chi connectivity index (χ1v) is 3.57. The summed E-state index contributed by atoms with van der Waals surface area (Å²) in [6.07, 6.45) is 1.76. The normalized spacial score (nSPS) is 9.73. The number of allylic oxidation sites excluding steroid dienone is 1. The van der Waals surface area contributed by atoms with Crippen molar-refractivity contribution < 1.29 is 0 Å². The van der Waals surface area contributed by atoms with Crippen LogP contribution in [0.4, 0.5) is 0 Å². The first-order valence-electron chi connectivity index (χ1n) is 3.57. The maximum atomic E-state index is 4.27. The van der Waals surface area contributed by atoms with E-state index in [9.17, 15) is 0 Å². The van der Waals surface area contributed by atoms with Crippen molar-refractivity contribution in [1.29, 1.82) is 0 Å². The Bertz CT molecular complexity index is 290. The highest BCUT2D eigenvalue weighted by Gasteiger charge is 2.00. The fourth-order valence-corrected chi connectivity index (χ4v) is 1.02. The molecular formula is C9H12N2. The quantitative estimate of drug-likeness (QED) is 0.609. The van der Waals surface area contributed by atoms with E-state index in [4.69, 9.17) is 0 Å². The van der Waals surface area contributed by atoms with Crippen LogP contribution in [0.5, 0.6) is 0 Å². The highest BCUT2D eigenvalue weighted by atomic mass is 14.8. The van der Waals surface area contributed by atoms with E-state index >= 15 is 0 Å². The molecule has 0 aliphatic heterocycles. The minimum absolute atomic E-state index is 0.913. The van der Waals surface area contributed by atoms with Crippen molar-refractivity contribution in [3.63, 3.8) is 0 Å². The van der Waals surface area contributed by atoms with Gasteiger partial charge in [-0.25, -0.2) is 0 Å². The molecule has 11 heavy (non-hydrogen) atoms. The lowest BCUT2D eigenvalue weighted by Crippen LogP contribution is -1.95. The van der Waals surface area contributed by atoms with Gasteiger partial charge >= 0.3 is 0 Å². The fraction of sp³-hybridized carbons (Fsp3) is 0.333. The van der Waals surface area contributed by atoms with Crippen LogP contribution in [-0.2, 0) is 0 Å². The average Bonchev–Trinajstić information content (AvgIpc) is 1.85. The third kappa shape index (κ3) is 1.64. The topological polar surface area (TPSA) is 25.8 Å². The maximum absolute atomic E-state index is 4.27. The molecular weight excluding hydrogens is 136 g/mol. The molecule has 2 heteroatoms. The Kier molecular flexibility index (Phi) is 2.03. The lowest BCUT2D eigenvalue weighted by Gasteiger charge is -2.02. The van der Waals surface area contributed by atoms with Crippen molar-refractivity contribution in [3.8, 4) is 0 Å². The van der Waals surface area contributed by atoms with Crippen molar-refractivity contribution in [2.75, 3.05) is 0 Å². The van der Waals surface area contributed by atoms with Gasteiger partial charge in [-0.2, -0.15) is 0 Å². The molecule has 1 rings (SSSR count). The number of rotatable bonds is 1.